The summed E-state index contributed by atoms with van der Waals surface area (Å²) in [4.78, 5) is 55.5. The van der Waals surface area contributed by atoms with Crippen LogP contribution < -0.4 is 38.6 Å². The molecule has 2 N–H and O–H groups in total. The molecule has 0 atom stereocenters. The molecule has 20 radical (unpaired) electrons. The maximum Gasteiger partial charge on any atom is 2.00 e. The van der Waals surface area contributed by atoms with E-state index in [9.17, 15) is 69.5 Å². The fourth-order valence-corrected chi connectivity index (χ4v) is 14.9. The summed E-state index contributed by atoms with van der Waals surface area (Å²) < 4.78 is 197. The zero-order chi connectivity index (χ0) is 98.9. The molecule has 3 aliphatic heterocycles. The topological polar surface area (TPSA) is 233 Å². The van der Waals surface area contributed by atoms with Crippen LogP contribution in [0.2, 0.25) is 0 Å². The van der Waals surface area contributed by atoms with Crippen molar-refractivity contribution in [2.45, 2.75) is 90.8 Å². The molecule has 23 nitrogen and oxygen atoms in total. The van der Waals surface area contributed by atoms with E-state index in [2.05, 4.69) is 94.3 Å². The Labute approximate surface area is 837 Å². The molecule has 0 bridgehead atoms. The Hall–Kier alpha value is -8.66. The number of carbonyl (C=O) groups is 4. The Balaban J connectivity index is 0.000000256. The third-order valence-electron chi connectivity index (χ3n) is 21.4. The minimum Gasteiger partial charge on any atom is -0.487 e. The molecule has 760 valence electrons. The van der Waals surface area contributed by atoms with Crippen LogP contribution in [0.15, 0.2) is 152 Å². The molecule has 8 aromatic carbocycles. The van der Waals surface area contributed by atoms with Crippen molar-refractivity contribution in [3.63, 3.8) is 0 Å². The van der Waals surface area contributed by atoms with Gasteiger partial charge in [0.1, 0.15) is 78.7 Å². The summed E-state index contributed by atoms with van der Waals surface area (Å²) >= 11 is 0. The maximum absolute atomic E-state index is 13.7. The minimum absolute atomic E-state index is 0. The number of aryl methyl sites for hydroxylation is 1. The molecule has 39 heteroatoms. The van der Waals surface area contributed by atoms with Gasteiger partial charge in [-0.1, -0.05) is 111 Å². The molecule has 16 rings (SSSR count). The second-order valence-electron chi connectivity index (χ2n) is 32.2. The van der Waals surface area contributed by atoms with Gasteiger partial charge in [0.15, 0.2) is 34.9 Å². The zero-order valence-corrected chi connectivity index (χ0v) is 81.5. The van der Waals surface area contributed by atoms with Crippen LogP contribution in [0.1, 0.15) is 100 Å². The fourth-order valence-electron chi connectivity index (χ4n) is 14.9. The van der Waals surface area contributed by atoms with Gasteiger partial charge in [-0.3, -0.25) is 24.1 Å². The molecule has 2 amide bonds. The van der Waals surface area contributed by atoms with Crippen LogP contribution in [-0.4, -0.2) is 164 Å². The largest absolute Gasteiger partial charge is 2.00 e. The molecule has 4 saturated carbocycles. The van der Waals surface area contributed by atoms with Gasteiger partial charge in [-0.05, 0) is 234 Å². The van der Waals surface area contributed by atoms with Crippen LogP contribution in [0.5, 0.6) is 28.7 Å². The number of hydrogen-bond donors (Lipinski definition) is 1. The summed E-state index contributed by atoms with van der Waals surface area (Å²) in [6.45, 7) is 11.4. The third-order valence-corrected chi connectivity index (χ3v) is 21.4. The van der Waals surface area contributed by atoms with E-state index in [1.165, 1.54) is 69.7 Å². The smallest absolute Gasteiger partial charge is 0.487 e. The van der Waals surface area contributed by atoms with Crippen molar-refractivity contribution in [3.05, 3.63) is 318 Å². The van der Waals surface area contributed by atoms with E-state index in [0.717, 1.165) is 91.1 Å². The average Bonchev–Trinajstić information content (AvgIpc) is 1.06. The number of nitrogens with two attached hydrogens (primary N) is 1. The molecule has 141 heavy (non-hydrogen) atoms. The molecule has 9 aromatic rings. The number of morpholine rings is 1. The number of nitrogens with zero attached hydrogens (tertiary/aromatic N) is 5. The number of imide groups is 1. The van der Waals surface area contributed by atoms with Gasteiger partial charge in [0.2, 0.25) is 0 Å². The van der Waals surface area contributed by atoms with Crippen LogP contribution in [-0.2, 0) is 128 Å². The molecule has 0 spiro atoms. The van der Waals surface area contributed by atoms with Gasteiger partial charge in [0.25, 0.3) is 11.8 Å². The standard InChI is InChI=1S/C54H61N6O5.C38H42O12.2C5H5.2F6P.2Fe/c1-57-43(38-59(56-57)27-28-60-53(61)48-20-14-19-47-51(58-29-33-63-34-30-58)26-25-49(52(47)48)54(60)62)39-64-31-12-6-4-2-3-5-7-13-32-65-44-23-21-40(22-24-44)36-55-37-50-45-17-10-8-15-41(45)35-42-16-9-11-18-46(42)50;39-37(31-5-1-2-6-31)49-27-29-9-11-33-35(25-29)47-23-19-43-15-16-44-20-24-48-36-26-30(28-50-38(40)32-7-3-4-8-32)10-12-34(36)46-22-18-42-14-13-41-17-21-45-33;2*1-2-4-5-3-1;2*1-7(2,3,4,5)6;;/h8-11,14-26,35,38,55H,2-7,12-13,27-34,36-37,39H2,1H3;1-12,25-26H,13-24,27-28H2;2*1-5H;;;;/q+1;;;;2*-1;2*+2/p+1. The van der Waals surface area contributed by atoms with Crippen LogP contribution in [0, 0.1) is 127 Å². The monoisotopic (exact) mass is 2100 g/mol. The van der Waals surface area contributed by atoms with E-state index < -0.39 is 27.6 Å². The quantitative estimate of drug-likeness (QED) is 0.00701. The van der Waals surface area contributed by atoms with Gasteiger partial charge in [0.05, 0.1) is 96.3 Å². The average molecular weight is 2100 g/mol. The van der Waals surface area contributed by atoms with Crippen molar-refractivity contribution in [2.24, 2.45) is 7.05 Å². The first-order valence-electron chi connectivity index (χ1n) is 45.6. The number of benzene rings is 8. The van der Waals surface area contributed by atoms with Crippen molar-refractivity contribution in [2.75, 3.05) is 130 Å². The number of quaternary nitrogens is 1. The Kier molecular flexibility index (Phi) is 46.2. The first kappa shape index (κ1) is 116. The van der Waals surface area contributed by atoms with Crippen molar-refractivity contribution in [1.82, 2.24) is 14.8 Å². The van der Waals surface area contributed by atoms with Crippen LogP contribution in [0.4, 0.5) is 56.1 Å². The summed E-state index contributed by atoms with van der Waals surface area (Å²) in [5.74, 6) is 2.73. The first-order valence-corrected chi connectivity index (χ1v) is 49.6. The zero-order valence-electron chi connectivity index (χ0n) is 77.6. The summed E-state index contributed by atoms with van der Waals surface area (Å²) in [6, 6.07) is 48.8. The molecule has 7 aliphatic rings. The molecule has 4 aliphatic carbocycles. The van der Waals surface area contributed by atoms with E-state index >= 15 is 0 Å². The molecule has 0 unspecified atom stereocenters. The Morgan fingerprint density at radius 2 is 0.823 bits per heavy atom. The van der Waals surface area contributed by atoms with E-state index in [4.69, 9.17) is 61.6 Å². The normalized spacial score (nSPS) is 17.5. The van der Waals surface area contributed by atoms with E-state index in [-0.39, 0.29) is 78.9 Å². The Morgan fingerprint density at radius 3 is 1.29 bits per heavy atom. The number of unbranched alkanes of at least 4 members (excludes halogenated alkanes) is 7. The van der Waals surface area contributed by atoms with Crippen LogP contribution in [0.25, 0.3) is 32.3 Å². The van der Waals surface area contributed by atoms with Gasteiger partial charge in [0, 0.05) is 58.4 Å². The van der Waals surface area contributed by atoms with Gasteiger partial charge in [-0.25, -0.2) is 0 Å². The number of aromatic nitrogens is 3. The number of hydrogen-bond acceptors (Lipinski definition) is 19. The summed E-state index contributed by atoms with van der Waals surface area (Å²) in [5.41, 5.74) is 7.35. The van der Waals surface area contributed by atoms with Gasteiger partial charge in [-0.15, -0.1) is 9.36 Å². The van der Waals surface area contributed by atoms with Gasteiger partial charge < -0.3 is 71.8 Å². The Bertz CT molecular complexity index is 5100. The SMILES string of the molecule is Cn1n[n+](CCN2C(=O)c3cccc4c(N5CCOCC5)ccc(c34)C2=O)cc1COCCCCCCCCCCOc1ccc(C[NH2+]Cc2c3ccccc3cc3ccccc23)cc1.F[P-](F)(F)(F)(F)F.F[P-](F)(F)(F)(F)F.O=C(OCc1ccc2c(c1)OCCOCCOCCOc1cc(COC(=O)[C]3[CH][CH][CH][CH]3)ccc1OCCOCCOCCO2)[C]1[CH][CH][CH][CH]1.[CH]1[CH][CH][CH][CH]1.[CH]1[CH][CH][CH][CH]1.[Fe+2].[Fe+2]. The van der Waals surface area contributed by atoms with Gasteiger partial charge >= 0.3 is 112 Å². The van der Waals surface area contributed by atoms with Crippen molar-refractivity contribution in [1.29, 1.82) is 0 Å². The number of halogens is 12. The molecule has 1 saturated heterocycles. The van der Waals surface area contributed by atoms with E-state index in [1.54, 1.807) is 85.0 Å². The number of ether oxygens (including phenoxy) is 13. The number of esters is 2. The minimum atomic E-state index is -10.7. The predicted octanol–water partition coefficient (Wildman–Crippen LogP) is 21.0. The van der Waals surface area contributed by atoms with Crippen molar-refractivity contribution in [3.8, 4) is 28.7 Å². The number of amides is 2. The van der Waals surface area contributed by atoms with Crippen molar-refractivity contribution < 1.29 is 175 Å². The van der Waals surface area contributed by atoms with E-state index in [1.807, 2.05) is 120 Å². The number of carbonyl (C=O) groups excluding carboxylic acids is 4. The number of anilines is 1. The maximum atomic E-state index is 13.7. The number of fused-ring (bicyclic) bond motifs is 4. The Morgan fingerprint density at radius 1 is 0.418 bits per heavy atom. The molecular weight excluding hydrogens is 1980 g/mol. The summed E-state index contributed by atoms with van der Waals surface area (Å²) in [7, 11) is -19.4. The number of rotatable bonds is 28. The molecule has 1 aromatic heterocycles. The third kappa shape index (κ3) is 44.0. The van der Waals surface area contributed by atoms with Crippen molar-refractivity contribution >= 4 is 77.4 Å². The molecule has 4 heterocycles. The first-order chi connectivity index (χ1) is 66.6. The van der Waals surface area contributed by atoms with Crippen LogP contribution >= 0.6 is 15.6 Å². The van der Waals surface area contributed by atoms with Crippen LogP contribution in [0.3, 0.4) is 0 Å². The second-order valence-corrected chi connectivity index (χ2v) is 36.1. The second kappa shape index (κ2) is 56.2. The molecular formula is C102H114F12Fe2N6O17P2+4. The van der Waals surface area contributed by atoms with Gasteiger partial charge in [-0.2, -0.15) is 0 Å². The molecule has 5 fully saturated rings. The predicted molar refractivity (Wildman–Crippen MR) is 504 cm³/mol. The van der Waals surface area contributed by atoms with E-state index in [0.29, 0.717) is 145 Å². The summed E-state index contributed by atoms with van der Waals surface area (Å²) in [6.07, 6.45) is 45.3. The summed E-state index contributed by atoms with van der Waals surface area (Å²) in [5, 5.41) is 14.0. The fraction of sp³-hybridized carbons (Fsp3) is 0.333.